The van der Waals surface area contributed by atoms with Gasteiger partial charge in [-0.05, 0) is 37.0 Å². The number of anilines is 2. The van der Waals surface area contributed by atoms with Gasteiger partial charge in [-0.2, -0.15) is 0 Å². The molecule has 0 amide bonds. The highest BCUT2D eigenvalue weighted by molar-refractivity contribution is 7.19. The zero-order valence-electron chi connectivity index (χ0n) is 15.9. The molecule has 1 saturated heterocycles. The van der Waals surface area contributed by atoms with Crippen LogP contribution >= 0.6 is 22.7 Å². The summed E-state index contributed by atoms with van der Waals surface area (Å²) in [6.07, 6.45) is 9.11. The van der Waals surface area contributed by atoms with Crippen LogP contribution < -0.4 is 9.80 Å². The molecule has 4 aromatic rings. The van der Waals surface area contributed by atoms with Crippen molar-refractivity contribution in [1.82, 2.24) is 19.9 Å². The molecular formula is C21H20N6S2. The summed E-state index contributed by atoms with van der Waals surface area (Å²) in [4.78, 5) is 26.2. The number of pyridine rings is 1. The number of piperazine rings is 1. The number of thiophene rings is 1. The summed E-state index contributed by atoms with van der Waals surface area (Å²) in [5.41, 5.74) is 2.46. The summed E-state index contributed by atoms with van der Waals surface area (Å²) >= 11 is 3.57. The largest absolute Gasteiger partial charge is 0.352 e. The summed E-state index contributed by atoms with van der Waals surface area (Å²) in [5.74, 6) is 1.88. The van der Waals surface area contributed by atoms with Crippen LogP contribution in [0, 0.1) is 0 Å². The summed E-state index contributed by atoms with van der Waals surface area (Å²) in [6, 6.07) is 3.99. The van der Waals surface area contributed by atoms with E-state index >= 15 is 0 Å². The minimum Gasteiger partial charge on any atom is -0.352 e. The molecule has 0 aromatic carbocycles. The number of thiazole rings is 1. The zero-order valence-corrected chi connectivity index (χ0v) is 17.5. The Morgan fingerprint density at radius 3 is 2.66 bits per heavy atom. The van der Waals surface area contributed by atoms with E-state index in [0.29, 0.717) is 0 Å². The fourth-order valence-electron chi connectivity index (χ4n) is 4.31. The van der Waals surface area contributed by atoms with Crippen LogP contribution in [0.2, 0.25) is 0 Å². The molecular weight excluding hydrogens is 400 g/mol. The molecule has 8 heteroatoms. The molecule has 0 N–H and O–H groups in total. The van der Waals surface area contributed by atoms with Gasteiger partial charge in [-0.25, -0.2) is 15.0 Å². The first-order valence-electron chi connectivity index (χ1n) is 9.99. The highest BCUT2D eigenvalue weighted by atomic mass is 32.1. The fraction of sp³-hybridized carbons (Fsp3) is 0.333. The molecule has 29 heavy (non-hydrogen) atoms. The van der Waals surface area contributed by atoms with Gasteiger partial charge in [0.2, 0.25) is 0 Å². The van der Waals surface area contributed by atoms with E-state index in [1.807, 2.05) is 41.2 Å². The molecule has 0 radical (unpaired) electrons. The fourth-order valence-corrected chi connectivity index (χ4v) is 6.26. The van der Waals surface area contributed by atoms with Crippen LogP contribution in [-0.2, 0) is 12.8 Å². The van der Waals surface area contributed by atoms with E-state index < -0.39 is 0 Å². The summed E-state index contributed by atoms with van der Waals surface area (Å²) in [6.45, 7) is 3.83. The lowest BCUT2D eigenvalue weighted by atomic mass is 10.1. The molecule has 6 rings (SSSR count). The van der Waals surface area contributed by atoms with Crippen LogP contribution in [0.5, 0.6) is 0 Å². The van der Waals surface area contributed by atoms with Crippen molar-refractivity contribution in [3.63, 3.8) is 0 Å². The van der Waals surface area contributed by atoms with Crippen molar-refractivity contribution >= 4 is 43.8 Å². The lowest BCUT2D eigenvalue weighted by molar-refractivity contribution is 0.647. The Morgan fingerprint density at radius 1 is 0.966 bits per heavy atom. The molecule has 0 atom stereocenters. The summed E-state index contributed by atoms with van der Waals surface area (Å²) in [5, 5.41) is 4.45. The van der Waals surface area contributed by atoms with Gasteiger partial charge in [-0.15, -0.1) is 22.7 Å². The molecule has 0 spiro atoms. The van der Waals surface area contributed by atoms with Crippen LogP contribution in [0.3, 0.4) is 0 Å². The van der Waals surface area contributed by atoms with Crippen molar-refractivity contribution in [3.8, 4) is 11.4 Å². The Hall–Kier alpha value is -2.58. The zero-order chi connectivity index (χ0) is 19.2. The Bertz CT molecular complexity index is 1150. The van der Waals surface area contributed by atoms with Crippen LogP contribution in [0.4, 0.5) is 10.9 Å². The van der Waals surface area contributed by atoms with E-state index in [4.69, 9.17) is 9.97 Å². The second-order valence-corrected chi connectivity index (χ2v) is 9.40. The normalized spacial score (nSPS) is 16.6. The van der Waals surface area contributed by atoms with Gasteiger partial charge in [0.1, 0.15) is 10.6 Å². The first kappa shape index (κ1) is 17.3. The van der Waals surface area contributed by atoms with E-state index in [1.54, 1.807) is 17.5 Å². The van der Waals surface area contributed by atoms with Gasteiger partial charge < -0.3 is 9.80 Å². The second kappa shape index (κ2) is 7.03. The maximum absolute atomic E-state index is 5.08. The smallest absolute Gasteiger partial charge is 0.185 e. The molecule has 6 nitrogen and oxygen atoms in total. The number of fused-ring (bicyclic) bond motifs is 3. The molecule has 2 aliphatic rings. The lowest BCUT2D eigenvalue weighted by Crippen LogP contribution is -2.47. The molecule has 146 valence electrons. The Balaban J connectivity index is 1.41. The van der Waals surface area contributed by atoms with Crippen LogP contribution in [0.15, 0.2) is 36.1 Å². The van der Waals surface area contributed by atoms with Gasteiger partial charge in [0.25, 0.3) is 0 Å². The molecule has 1 aliphatic heterocycles. The monoisotopic (exact) mass is 420 g/mol. The summed E-state index contributed by atoms with van der Waals surface area (Å²) < 4.78 is 0. The van der Waals surface area contributed by atoms with Gasteiger partial charge >= 0.3 is 0 Å². The number of aromatic nitrogens is 4. The number of rotatable bonds is 3. The van der Waals surface area contributed by atoms with Crippen molar-refractivity contribution in [2.24, 2.45) is 0 Å². The van der Waals surface area contributed by atoms with Gasteiger partial charge in [0.05, 0.1) is 5.39 Å². The predicted octanol–water partition coefficient (Wildman–Crippen LogP) is 4.03. The highest BCUT2D eigenvalue weighted by Gasteiger charge is 2.27. The Morgan fingerprint density at radius 2 is 1.86 bits per heavy atom. The molecule has 4 aromatic heterocycles. The Labute approximate surface area is 176 Å². The number of hydrogen-bond acceptors (Lipinski definition) is 8. The first-order chi connectivity index (χ1) is 14.4. The van der Waals surface area contributed by atoms with Crippen molar-refractivity contribution in [3.05, 3.63) is 46.5 Å². The minimum absolute atomic E-state index is 0.780. The van der Waals surface area contributed by atoms with Gasteiger partial charge in [0, 0.05) is 60.6 Å². The lowest BCUT2D eigenvalue weighted by Gasteiger charge is -2.35. The van der Waals surface area contributed by atoms with Crippen LogP contribution in [0.1, 0.15) is 16.9 Å². The average Bonchev–Trinajstić information content (AvgIpc) is 3.51. The summed E-state index contributed by atoms with van der Waals surface area (Å²) in [7, 11) is 0. The number of nitrogens with zero attached hydrogens (tertiary/aromatic N) is 6. The maximum atomic E-state index is 5.08. The molecule has 5 heterocycles. The topological polar surface area (TPSA) is 58.0 Å². The first-order valence-corrected chi connectivity index (χ1v) is 11.7. The molecule has 0 saturated carbocycles. The quantitative estimate of drug-likeness (QED) is 0.499. The predicted molar refractivity (Wildman–Crippen MR) is 119 cm³/mol. The molecule has 0 unspecified atom stereocenters. The molecule has 1 aliphatic carbocycles. The van der Waals surface area contributed by atoms with Crippen LogP contribution in [-0.4, -0.2) is 46.1 Å². The van der Waals surface area contributed by atoms with Crippen molar-refractivity contribution in [1.29, 1.82) is 0 Å². The standard InChI is InChI=1S/C21H20N6S2/c1-4-15-16(5-1)29-20-17(15)19(24-18(25-20)14-3-2-6-22-13-14)26-8-10-27(11-9-26)21-23-7-12-28-21/h2-3,6-7,12-13H,1,4-5,8-11H2. The SMILES string of the molecule is c1cncc(-c2nc(N3CCN(c4nccs4)CC3)c3c4c(sc3n2)CCC4)c1. The highest BCUT2D eigenvalue weighted by Crippen LogP contribution is 2.41. The van der Waals surface area contributed by atoms with Gasteiger partial charge in [-0.3, -0.25) is 4.98 Å². The third-order valence-electron chi connectivity index (χ3n) is 5.73. The van der Waals surface area contributed by atoms with Gasteiger partial charge in [0.15, 0.2) is 11.0 Å². The number of aryl methyl sites for hydroxylation is 2. The average molecular weight is 421 g/mol. The van der Waals surface area contributed by atoms with E-state index in [0.717, 1.165) is 59.8 Å². The third-order valence-corrected chi connectivity index (χ3v) is 7.75. The third kappa shape index (κ3) is 2.98. The second-order valence-electron chi connectivity index (χ2n) is 7.44. The van der Waals surface area contributed by atoms with Gasteiger partial charge in [-0.1, -0.05) is 0 Å². The van der Waals surface area contributed by atoms with Crippen molar-refractivity contribution < 1.29 is 0 Å². The van der Waals surface area contributed by atoms with Crippen molar-refractivity contribution in [2.75, 3.05) is 36.0 Å². The van der Waals surface area contributed by atoms with E-state index in [9.17, 15) is 0 Å². The maximum Gasteiger partial charge on any atom is 0.185 e. The van der Waals surface area contributed by atoms with E-state index in [1.165, 1.54) is 28.7 Å². The van der Waals surface area contributed by atoms with Crippen molar-refractivity contribution in [2.45, 2.75) is 19.3 Å². The van der Waals surface area contributed by atoms with E-state index in [-0.39, 0.29) is 0 Å². The Kier molecular flexibility index (Phi) is 4.19. The minimum atomic E-state index is 0.780. The molecule has 1 fully saturated rings. The number of hydrogen-bond donors (Lipinski definition) is 0. The molecule has 0 bridgehead atoms. The van der Waals surface area contributed by atoms with E-state index in [2.05, 4.69) is 19.8 Å². The van der Waals surface area contributed by atoms with Crippen LogP contribution in [0.25, 0.3) is 21.6 Å².